The Morgan fingerprint density at radius 1 is 0.340 bits per heavy atom. The number of aromatic nitrogens is 1. The van der Waals surface area contributed by atoms with E-state index in [0.29, 0.717) is 0 Å². The van der Waals surface area contributed by atoms with E-state index in [4.69, 9.17) is 0 Å². The molecule has 3 heterocycles. The molecule has 50 heavy (non-hydrogen) atoms. The van der Waals surface area contributed by atoms with Crippen LogP contribution in [0.5, 0.6) is 0 Å². The second-order valence-corrected chi connectivity index (χ2v) is 15.1. The van der Waals surface area contributed by atoms with Gasteiger partial charge in [-0.15, -0.1) is 22.7 Å². The summed E-state index contributed by atoms with van der Waals surface area (Å²) in [5.74, 6) is 0. The summed E-state index contributed by atoms with van der Waals surface area (Å²) >= 11 is 3.74. The van der Waals surface area contributed by atoms with E-state index in [9.17, 15) is 0 Å². The van der Waals surface area contributed by atoms with Gasteiger partial charge in [0.15, 0.2) is 0 Å². The minimum absolute atomic E-state index is 1.12. The molecule has 0 atom stereocenters. The molecule has 11 aromatic rings. The molecule has 2 nitrogen and oxygen atoms in total. The van der Waals surface area contributed by atoms with Crippen LogP contribution >= 0.6 is 22.7 Å². The molecule has 0 aliphatic carbocycles. The molecule has 0 fully saturated rings. The first-order valence-electron chi connectivity index (χ1n) is 16.9. The van der Waals surface area contributed by atoms with Crippen LogP contribution in [-0.2, 0) is 0 Å². The Hall–Kier alpha value is -5.94. The molecule has 0 radical (unpaired) electrons. The molecular weight excluding hydrogens is 645 g/mol. The Bertz CT molecular complexity index is 3110. The zero-order valence-corrected chi connectivity index (χ0v) is 28.5. The van der Waals surface area contributed by atoms with Crippen molar-refractivity contribution >= 4 is 113 Å². The van der Waals surface area contributed by atoms with Gasteiger partial charge in [0.2, 0.25) is 0 Å². The Morgan fingerprint density at radius 2 is 0.900 bits per heavy atom. The van der Waals surface area contributed by atoms with Gasteiger partial charge in [-0.25, -0.2) is 0 Å². The number of hydrogen-bond acceptors (Lipinski definition) is 3. The van der Waals surface area contributed by atoms with E-state index in [2.05, 4.69) is 179 Å². The molecule has 0 spiro atoms. The van der Waals surface area contributed by atoms with Crippen LogP contribution in [-0.4, -0.2) is 4.57 Å². The van der Waals surface area contributed by atoms with Crippen molar-refractivity contribution in [2.45, 2.75) is 0 Å². The molecule has 234 valence electrons. The molecule has 8 aromatic carbocycles. The highest BCUT2D eigenvalue weighted by Gasteiger charge is 2.19. The highest BCUT2D eigenvalue weighted by molar-refractivity contribution is 7.26. The summed E-state index contributed by atoms with van der Waals surface area (Å²) in [6.45, 7) is 0. The monoisotopic (exact) mass is 672 g/mol. The lowest BCUT2D eigenvalue weighted by Gasteiger charge is -2.26. The average molecular weight is 673 g/mol. The summed E-state index contributed by atoms with van der Waals surface area (Å²) < 4.78 is 7.68. The zero-order valence-electron chi connectivity index (χ0n) is 26.9. The van der Waals surface area contributed by atoms with Gasteiger partial charge in [0.25, 0.3) is 0 Å². The predicted molar refractivity (Wildman–Crippen MR) is 219 cm³/mol. The van der Waals surface area contributed by atoms with E-state index < -0.39 is 0 Å². The number of rotatable bonds is 4. The first kappa shape index (κ1) is 28.0. The van der Waals surface area contributed by atoms with Crippen molar-refractivity contribution in [1.82, 2.24) is 4.57 Å². The van der Waals surface area contributed by atoms with Gasteiger partial charge < -0.3 is 9.47 Å². The molecule has 0 N–H and O–H groups in total. The van der Waals surface area contributed by atoms with E-state index in [1.165, 1.54) is 72.9 Å². The van der Waals surface area contributed by atoms with Crippen molar-refractivity contribution in [1.29, 1.82) is 0 Å². The average Bonchev–Trinajstić information content (AvgIpc) is 3.83. The first-order valence-corrected chi connectivity index (χ1v) is 18.6. The fourth-order valence-electron chi connectivity index (χ4n) is 7.85. The second-order valence-electron chi connectivity index (χ2n) is 13.0. The number of anilines is 3. The number of hydrogen-bond donors (Lipinski definition) is 0. The lowest BCUT2D eigenvalue weighted by Crippen LogP contribution is -2.10. The normalized spacial score (nSPS) is 12.0. The maximum atomic E-state index is 2.44. The van der Waals surface area contributed by atoms with Crippen LogP contribution in [0.15, 0.2) is 170 Å². The standard InChI is InChI=1S/C46H28N2S2/c1-2-10-31(11-3-1)48-41-15-7-4-12-35(41)36-22-20-33(27-42(36)48)47(34-21-23-39-37-13-5-8-16-43(37)50-46(39)28-34)32-19-18-29-26-45-40(25-30(29)24-32)38-14-6-9-17-44(38)49-45/h1-28H. The molecule has 0 aliphatic rings. The zero-order chi connectivity index (χ0) is 32.8. The summed E-state index contributed by atoms with van der Waals surface area (Å²) in [4.78, 5) is 2.44. The van der Waals surface area contributed by atoms with Gasteiger partial charge in [-0.3, -0.25) is 0 Å². The molecule has 0 amide bonds. The van der Waals surface area contributed by atoms with Crippen molar-refractivity contribution in [2.24, 2.45) is 0 Å². The van der Waals surface area contributed by atoms with Crippen LogP contribution in [0.25, 0.3) is 78.6 Å². The predicted octanol–water partition coefficient (Wildman–Crippen LogP) is 14.1. The summed E-state index contributed by atoms with van der Waals surface area (Å²) in [7, 11) is 0. The fourth-order valence-corrected chi connectivity index (χ4v) is 10.1. The van der Waals surface area contributed by atoms with Crippen molar-refractivity contribution < 1.29 is 0 Å². The van der Waals surface area contributed by atoms with Crippen molar-refractivity contribution in [3.05, 3.63) is 170 Å². The molecule has 3 aromatic heterocycles. The maximum Gasteiger partial charge on any atom is 0.0561 e. The van der Waals surface area contributed by atoms with Gasteiger partial charge >= 0.3 is 0 Å². The van der Waals surface area contributed by atoms with Gasteiger partial charge in [0.05, 0.1) is 11.0 Å². The van der Waals surface area contributed by atoms with Crippen molar-refractivity contribution in [3.8, 4) is 5.69 Å². The first-order chi connectivity index (χ1) is 24.8. The third-order valence-corrected chi connectivity index (χ3v) is 12.4. The van der Waals surface area contributed by atoms with Gasteiger partial charge in [0.1, 0.15) is 0 Å². The quantitative estimate of drug-likeness (QED) is 0.181. The van der Waals surface area contributed by atoms with E-state index in [0.717, 1.165) is 22.7 Å². The molecule has 0 unspecified atom stereocenters. The smallest absolute Gasteiger partial charge is 0.0561 e. The Labute approximate surface area is 296 Å². The van der Waals surface area contributed by atoms with Crippen molar-refractivity contribution in [2.75, 3.05) is 4.90 Å². The SMILES string of the molecule is c1ccc(-n2c3ccccc3c3ccc(N(c4ccc5cc6sc7ccccc7c6cc5c4)c4ccc5c(c4)sc4ccccc45)cc32)cc1. The summed E-state index contributed by atoms with van der Waals surface area (Å²) in [6.07, 6.45) is 0. The lowest BCUT2D eigenvalue weighted by atomic mass is 10.0. The van der Waals surface area contributed by atoms with E-state index in [1.54, 1.807) is 0 Å². The van der Waals surface area contributed by atoms with Gasteiger partial charge in [-0.1, -0.05) is 91.0 Å². The van der Waals surface area contributed by atoms with Crippen molar-refractivity contribution in [3.63, 3.8) is 0 Å². The summed E-state index contributed by atoms with van der Waals surface area (Å²) in [5.41, 5.74) is 6.97. The van der Waals surface area contributed by atoms with Crippen LogP contribution < -0.4 is 4.90 Å². The molecular formula is C46H28N2S2. The Morgan fingerprint density at radius 3 is 1.70 bits per heavy atom. The van der Waals surface area contributed by atoms with E-state index >= 15 is 0 Å². The minimum Gasteiger partial charge on any atom is -0.310 e. The number of para-hydroxylation sites is 2. The van der Waals surface area contributed by atoms with E-state index in [1.807, 2.05) is 22.7 Å². The van der Waals surface area contributed by atoms with Crippen LogP contribution in [0.2, 0.25) is 0 Å². The molecule has 4 heteroatoms. The fraction of sp³-hybridized carbons (Fsp3) is 0. The highest BCUT2D eigenvalue weighted by Crippen LogP contribution is 2.44. The topological polar surface area (TPSA) is 8.17 Å². The molecule has 0 aliphatic heterocycles. The van der Waals surface area contributed by atoms with Crippen LogP contribution in [0, 0.1) is 0 Å². The third-order valence-electron chi connectivity index (χ3n) is 10.1. The number of nitrogens with zero attached hydrogens (tertiary/aromatic N) is 2. The van der Waals surface area contributed by atoms with Crippen LogP contribution in [0.3, 0.4) is 0 Å². The van der Waals surface area contributed by atoms with E-state index in [-0.39, 0.29) is 0 Å². The summed E-state index contributed by atoms with van der Waals surface area (Å²) in [5, 5.41) is 10.3. The Kier molecular flexibility index (Phi) is 6.03. The largest absolute Gasteiger partial charge is 0.310 e. The number of thiophene rings is 2. The number of benzene rings is 8. The minimum atomic E-state index is 1.12. The highest BCUT2D eigenvalue weighted by atomic mass is 32.1. The summed E-state index contributed by atoms with van der Waals surface area (Å²) in [6, 6.07) is 62.6. The maximum absolute atomic E-state index is 2.44. The number of fused-ring (bicyclic) bond motifs is 10. The van der Waals surface area contributed by atoms with Gasteiger partial charge in [0, 0.05) is 73.9 Å². The molecule has 0 saturated carbocycles. The molecule has 0 bridgehead atoms. The molecule has 0 saturated heterocycles. The van der Waals surface area contributed by atoms with Gasteiger partial charge in [-0.05, 0) is 89.6 Å². The van der Waals surface area contributed by atoms with Crippen LogP contribution in [0.1, 0.15) is 0 Å². The van der Waals surface area contributed by atoms with Gasteiger partial charge in [-0.2, -0.15) is 0 Å². The Balaban J connectivity index is 1.17. The third kappa shape index (κ3) is 4.19. The molecule has 11 rings (SSSR count). The second kappa shape index (κ2) is 10.8. The van der Waals surface area contributed by atoms with Crippen LogP contribution in [0.4, 0.5) is 17.1 Å². The lowest BCUT2D eigenvalue weighted by molar-refractivity contribution is 1.18.